The summed E-state index contributed by atoms with van der Waals surface area (Å²) < 4.78 is 0. The first-order valence-electron chi connectivity index (χ1n) is 6.32. The molecule has 2 amide bonds. The molecule has 0 heterocycles. The number of carbonyl (C=O) groups excluding carboxylic acids is 2. The number of primary amides is 1. The zero-order chi connectivity index (χ0) is 14.1. The molecular formula is C12H24N2O4. The average Bonchev–Trinajstić information content (AvgIpc) is 2.34. The number of aliphatic hydroxyl groups is 2. The zero-order valence-corrected chi connectivity index (χ0v) is 11.1. The molecule has 0 bridgehead atoms. The van der Waals surface area contributed by atoms with Gasteiger partial charge in [-0.2, -0.15) is 0 Å². The van der Waals surface area contributed by atoms with Crippen molar-refractivity contribution in [3.05, 3.63) is 0 Å². The Morgan fingerprint density at radius 2 is 1.50 bits per heavy atom. The maximum atomic E-state index is 11.8. The van der Waals surface area contributed by atoms with Crippen LogP contribution in [-0.2, 0) is 9.59 Å². The van der Waals surface area contributed by atoms with Crippen LogP contribution in [0.25, 0.3) is 0 Å². The van der Waals surface area contributed by atoms with E-state index in [0.29, 0.717) is 12.8 Å². The van der Waals surface area contributed by atoms with E-state index >= 15 is 0 Å². The van der Waals surface area contributed by atoms with Gasteiger partial charge in [-0.1, -0.05) is 13.8 Å². The molecule has 0 aliphatic rings. The van der Waals surface area contributed by atoms with Gasteiger partial charge in [-0.3, -0.25) is 9.59 Å². The van der Waals surface area contributed by atoms with Crippen molar-refractivity contribution in [1.82, 2.24) is 4.90 Å². The number of nitrogens with zero attached hydrogens (tertiary/aromatic N) is 1. The maximum absolute atomic E-state index is 11.8. The highest BCUT2D eigenvalue weighted by Gasteiger charge is 2.19. The summed E-state index contributed by atoms with van der Waals surface area (Å²) in [4.78, 5) is 23.9. The highest BCUT2D eigenvalue weighted by Crippen LogP contribution is 2.05. The minimum Gasteiger partial charge on any atom is -0.391 e. The molecule has 6 nitrogen and oxygen atoms in total. The van der Waals surface area contributed by atoms with Crippen LogP contribution in [0.1, 0.15) is 39.5 Å². The molecule has 0 rings (SSSR count). The third kappa shape index (κ3) is 7.24. The fraction of sp³-hybridized carbons (Fsp3) is 0.833. The Morgan fingerprint density at radius 3 is 1.83 bits per heavy atom. The third-order valence-electron chi connectivity index (χ3n) is 2.74. The summed E-state index contributed by atoms with van der Waals surface area (Å²) in [5, 5.41) is 19.1. The van der Waals surface area contributed by atoms with Gasteiger partial charge in [0.25, 0.3) is 0 Å². The maximum Gasteiger partial charge on any atom is 0.223 e. The predicted molar refractivity (Wildman–Crippen MR) is 67.6 cm³/mol. The highest BCUT2D eigenvalue weighted by molar-refractivity contribution is 5.82. The zero-order valence-electron chi connectivity index (χ0n) is 11.1. The predicted octanol–water partition coefficient (Wildman–Crippen LogP) is -0.378. The first-order valence-corrected chi connectivity index (χ1v) is 6.32. The molecule has 0 spiro atoms. The Bertz CT molecular complexity index is 259. The Morgan fingerprint density at radius 1 is 1.06 bits per heavy atom. The summed E-state index contributed by atoms with van der Waals surface area (Å²) in [5.41, 5.74) is 4.99. The molecule has 6 heteroatoms. The Kier molecular flexibility index (Phi) is 8.32. The molecule has 2 atom stereocenters. The van der Waals surface area contributed by atoms with Crippen molar-refractivity contribution >= 4 is 11.8 Å². The van der Waals surface area contributed by atoms with Gasteiger partial charge in [-0.05, 0) is 12.8 Å². The summed E-state index contributed by atoms with van der Waals surface area (Å²) in [7, 11) is 0. The number of aliphatic hydroxyl groups excluding tert-OH is 2. The van der Waals surface area contributed by atoms with Gasteiger partial charge in [-0.25, -0.2) is 0 Å². The minimum atomic E-state index is -0.619. The normalized spacial score (nSPS) is 14.0. The lowest BCUT2D eigenvalue weighted by Gasteiger charge is -2.27. The van der Waals surface area contributed by atoms with E-state index in [9.17, 15) is 19.8 Å². The molecule has 2 unspecified atom stereocenters. The molecule has 0 aromatic rings. The molecule has 0 aromatic heterocycles. The van der Waals surface area contributed by atoms with Crippen LogP contribution < -0.4 is 5.73 Å². The number of rotatable bonds is 9. The van der Waals surface area contributed by atoms with Crippen molar-refractivity contribution in [2.75, 3.05) is 13.1 Å². The second-order valence-electron chi connectivity index (χ2n) is 4.39. The standard InChI is InChI=1S/C12H24N2O4/c1-3-9(15)7-14(8-10(16)4-2)12(18)6-5-11(13)17/h9-10,15-16H,3-8H2,1-2H3,(H2,13,17). The van der Waals surface area contributed by atoms with Crippen LogP contribution in [-0.4, -0.2) is 52.2 Å². The Labute approximate surface area is 108 Å². The van der Waals surface area contributed by atoms with Crippen LogP contribution in [0.4, 0.5) is 0 Å². The Balaban J connectivity index is 4.43. The molecule has 0 aliphatic heterocycles. The topological polar surface area (TPSA) is 104 Å². The molecule has 0 fully saturated rings. The van der Waals surface area contributed by atoms with Crippen molar-refractivity contribution in [3.8, 4) is 0 Å². The van der Waals surface area contributed by atoms with E-state index in [0.717, 1.165) is 0 Å². The summed E-state index contributed by atoms with van der Waals surface area (Å²) in [5.74, 6) is -0.802. The summed E-state index contributed by atoms with van der Waals surface area (Å²) in [6, 6.07) is 0. The van der Waals surface area contributed by atoms with E-state index in [2.05, 4.69) is 0 Å². The second-order valence-corrected chi connectivity index (χ2v) is 4.39. The summed E-state index contributed by atoms with van der Waals surface area (Å²) in [6.07, 6.45) is -0.177. The quantitative estimate of drug-likeness (QED) is 0.525. The van der Waals surface area contributed by atoms with Gasteiger partial charge in [0.2, 0.25) is 11.8 Å². The smallest absolute Gasteiger partial charge is 0.223 e. The van der Waals surface area contributed by atoms with Crippen molar-refractivity contribution in [1.29, 1.82) is 0 Å². The van der Waals surface area contributed by atoms with Gasteiger partial charge in [0.15, 0.2) is 0 Å². The van der Waals surface area contributed by atoms with Crippen LogP contribution in [0, 0.1) is 0 Å². The van der Waals surface area contributed by atoms with Crippen LogP contribution in [0.2, 0.25) is 0 Å². The van der Waals surface area contributed by atoms with Crippen LogP contribution >= 0.6 is 0 Å². The van der Waals surface area contributed by atoms with Crippen molar-refractivity contribution in [2.45, 2.75) is 51.7 Å². The largest absolute Gasteiger partial charge is 0.391 e. The number of amides is 2. The van der Waals surface area contributed by atoms with Crippen molar-refractivity contribution < 1.29 is 19.8 Å². The van der Waals surface area contributed by atoms with E-state index in [1.54, 1.807) is 0 Å². The molecule has 106 valence electrons. The first-order chi connectivity index (χ1) is 8.40. The molecule has 4 N–H and O–H groups in total. The van der Waals surface area contributed by atoms with Crippen LogP contribution in [0.3, 0.4) is 0 Å². The molecule has 0 radical (unpaired) electrons. The monoisotopic (exact) mass is 260 g/mol. The average molecular weight is 260 g/mol. The summed E-state index contributed by atoms with van der Waals surface area (Å²) in [6.45, 7) is 3.97. The lowest BCUT2D eigenvalue weighted by molar-refractivity contribution is -0.135. The number of hydrogen-bond donors (Lipinski definition) is 3. The lowest BCUT2D eigenvalue weighted by atomic mass is 10.2. The van der Waals surface area contributed by atoms with E-state index in [1.807, 2.05) is 13.8 Å². The summed E-state index contributed by atoms with van der Waals surface area (Å²) >= 11 is 0. The van der Waals surface area contributed by atoms with Gasteiger partial charge in [0, 0.05) is 25.9 Å². The van der Waals surface area contributed by atoms with Gasteiger partial charge < -0.3 is 20.8 Å². The molecule has 0 aliphatic carbocycles. The van der Waals surface area contributed by atoms with Crippen LogP contribution in [0.15, 0.2) is 0 Å². The fourth-order valence-electron chi connectivity index (χ4n) is 1.43. The van der Waals surface area contributed by atoms with E-state index in [1.165, 1.54) is 4.90 Å². The SMILES string of the molecule is CCC(O)CN(CC(O)CC)C(=O)CCC(N)=O. The number of nitrogens with two attached hydrogens (primary N) is 1. The minimum absolute atomic E-state index is 0.0141. The van der Waals surface area contributed by atoms with Gasteiger partial charge in [-0.15, -0.1) is 0 Å². The molecule has 0 saturated carbocycles. The molecular weight excluding hydrogens is 236 g/mol. The lowest BCUT2D eigenvalue weighted by Crippen LogP contribution is -2.42. The first kappa shape index (κ1) is 16.9. The van der Waals surface area contributed by atoms with Gasteiger partial charge in [0.1, 0.15) is 0 Å². The third-order valence-corrected chi connectivity index (χ3v) is 2.74. The van der Waals surface area contributed by atoms with Crippen molar-refractivity contribution in [2.24, 2.45) is 5.73 Å². The van der Waals surface area contributed by atoms with Crippen molar-refractivity contribution in [3.63, 3.8) is 0 Å². The Hall–Kier alpha value is -1.14. The van der Waals surface area contributed by atoms with E-state index in [4.69, 9.17) is 5.73 Å². The molecule has 18 heavy (non-hydrogen) atoms. The second kappa shape index (κ2) is 8.88. The van der Waals surface area contributed by atoms with Gasteiger partial charge >= 0.3 is 0 Å². The number of hydrogen-bond acceptors (Lipinski definition) is 4. The van der Waals surface area contributed by atoms with E-state index in [-0.39, 0.29) is 31.8 Å². The molecule has 0 saturated heterocycles. The van der Waals surface area contributed by atoms with Crippen LogP contribution in [0.5, 0.6) is 0 Å². The number of carbonyl (C=O) groups is 2. The molecule has 0 aromatic carbocycles. The highest BCUT2D eigenvalue weighted by atomic mass is 16.3. The van der Waals surface area contributed by atoms with Gasteiger partial charge in [0.05, 0.1) is 12.2 Å². The fourth-order valence-corrected chi connectivity index (χ4v) is 1.43. The van der Waals surface area contributed by atoms with E-state index < -0.39 is 18.1 Å².